The highest BCUT2D eigenvalue weighted by molar-refractivity contribution is 9.10. The van der Waals surface area contributed by atoms with Gasteiger partial charge >= 0.3 is 0 Å². The number of nitrogens with zero attached hydrogens (tertiary/aromatic N) is 5. The Kier molecular flexibility index (Phi) is 4.56. The predicted molar refractivity (Wildman–Crippen MR) is 116 cm³/mol. The number of likely N-dealkylation sites (N-methyl/N-ethyl adjacent to an activating group) is 1. The Hall–Kier alpha value is -2.38. The summed E-state index contributed by atoms with van der Waals surface area (Å²) in [5.41, 5.74) is 5.64. The van der Waals surface area contributed by atoms with Gasteiger partial charge < -0.3 is 19.7 Å². The molecular weight excluding hydrogens is 416 g/mol. The molecule has 144 valence electrons. The van der Waals surface area contributed by atoms with Gasteiger partial charge in [-0.05, 0) is 65.8 Å². The van der Waals surface area contributed by atoms with E-state index < -0.39 is 0 Å². The van der Waals surface area contributed by atoms with Gasteiger partial charge in [0.2, 0.25) is 5.95 Å². The molecule has 1 fully saturated rings. The number of anilines is 3. The van der Waals surface area contributed by atoms with Crippen molar-refractivity contribution >= 4 is 33.3 Å². The summed E-state index contributed by atoms with van der Waals surface area (Å²) < 4.78 is 3.35. The van der Waals surface area contributed by atoms with Gasteiger partial charge in [-0.15, -0.1) is 0 Å². The number of aromatic nitrogens is 3. The van der Waals surface area contributed by atoms with Crippen molar-refractivity contribution in [1.29, 1.82) is 0 Å². The van der Waals surface area contributed by atoms with E-state index in [4.69, 9.17) is 4.98 Å². The van der Waals surface area contributed by atoms with E-state index in [2.05, 4.69) is 84.0 Å². The number of rotatable bonds is 3. The molecule has 7 heteroatoms. The SMILES string of the molecule is CN1CCN(c2ccc(Nc3ncc4c(n3)-c3ccc(Br)n3CC4)cc2)CC1. The number of benzene rings is 1. The number of halogens is 1. The monoisotopic (exact) mass is 438 g/mol. The standard InChI is InChI=1S/C21H23BrN6/c1-26-10-12-27(13-11-26)17-4-2-16(3-5-17)24-21-23-14-15-8-9-28-18(20(15)25-21)6-7-19(28)22/h2-7,14H,8-13H2,1H3,(H,23,24,25). The lowest BCUT2D eigenvalue weighted by Crippen LogP contribution is -2.44. The van der Waals surface area contributed by atoms with Crippen molar-refractivity contribution < 1.29 is 0 Å². The molecule has 0 saturated carbocycles. The number of aryl methyl sites for hydroxylation is 1. The van der Waals surface area contributed by atoms with Crippen molar-refractivity contribution in [3.05, 3.63) is 52.8 Å². The Balaban J connectivity index is 1.34. The Bertz CT molecular complexity index is 989. The van der Waals surface area contributed by atoms with E-state index in [-0.39, 0.29) is 0 Å². The second kappa shape index (κ2) is 7.22. The molecule has 5 rings (SSSR count). The Morgan fingerprint density at radius 1 is 0.964 bits per heavy atom. The average Bonchev–Trinajstić information content (AvgIpc) is 3.11. The summed E-state index contributed by atoms with van der Waals surface area (Å²) >= 11 is 3.62. The third kappa shape index (κ3) is 3.29. The van der Waals surface area contributed by atoms with Gasteiger partial charge in [0, 0.05) is 55.9 Å². The van der Waals surface area contributed by atoms with Gasteiger partial charge in [0.05, 0.1) is 16.0 Å². The minimum Gasteiger partial charge on any atom is -0.369 e. The number of nitrogens with one attached hydrogen (secondary N) is 1. The van der Waals surface area contributed by atoms with Crippen LogP contribution in [0, 0.1) is 0 Å². The molecule has 0 unspecified atom stereocenters. The largest absolute Gasteiger partial charge is 0.369 e. The first-order valence-electron chi connectivity index (χ1n) is 9.69. The molecule has 1 saturated heterocycles. The maximum Gasteiger partial charge on any atom is 0.227 e. The van der Waals surface area contributed by atoms with Crippen LogP contribution in [0.25, 0.3) is 11.4 Å². The first kappa shape index (κ1) is 17.7. The predicted octanol–water partition coefficient (Wildman–Crippen LogP) is 3.76. The van der Waals surface area contributed by atoms with Gasteiger partial charge in [0.25, 0.3) is 0 Å². The van der Waals surface area contributed by atoms with Crippen molar-refractivity contribution in [2.24, 2.45) is 0 Å². The van der Waals surface area contributed by atoms with E-state index in [1.54, 1.807) is 0 Å². The maximum atomic E-state index is 4.80. The molecule has 2 aliphatic heterocycles. The fourth-order valence-corrected chi connectivity index (χ4v) is 4.43. The molecule has 6 nitrogen and oxygen atoms in total. The summed E-state index contributed by atoms with van der Waals surface area (Å²) in [6.45, 7) is 5.33. The molecule has 28 heavy (non-hydrogen) atoms. The Morgan fingerprint density at radius 2 is 1.75 bits per heavy atom. The van der Waals surface area contributed by atoms with E-state index in [1.165, 1.54) is 11.3 Å². The maximum absolute atomic E-state index is 4.80. The van der Waals surface area contributed by atoms with Crippen molar-refractivity contribution in [2.45, 2.75) is 13.0 Å². The molecule has 0 atom stereocenters. The summed E-state index contributed by atoms with van der Waals surface area (Å²) in [6.07, 6.45) is 2.91. The highest BCUT2D eigenvalue weighted by Crippen LogP contribution is 2.32. The zero-order chi connectivity index (χ0) is 19.1. The van der Waals surface area contributed by atoms with Crippen LogP contribution in [0.2, 0.25) is 0 Å². The minimum absolute atomic E-state index is 0.636. The number of hydrogen-bond acceptors (Lipinski definition) is 5. The summed E-state index contributed by atoms with van der Waals surface area (Å²) in [4.78, 5) is 14.1. The first-order chi connectivity index (χ1) is 13.7. The molecule has 1 N–H and O–H groups in total. The fourth-order valence-electron chi connectivity index (χ4n) is 3.93. The second-order valence-corrected chi connectivity index (χ2v) is 8.29. The van der Waals surface area contributed by atoms with Gasteiger partial charge in [-0.2, -0.15) is 0 Å². The van der Waals surface area contributed by atoms with Gasteiger partial charge in [-0.3, -0.25) is 0 Å². The lowest BCUT2D eigenvalue weighted by atomic mass is 10.1. The fraction of sp³-hybridized carbons (Fsp3) is 0.333. The molecule has 4 heterocycles. The minimum atomic E-state index is 0.636. The van der Waals surface area contributed by atoms with Crippen molar-refractivity contribution in [1.82, 2.24) is 19.4 Å². The van der Waals surface area contributed by atoms with Gasteiger partial charge in [-0.1, -0.05) is 0 Å². The Morgan fingerprint density at radius 3 is 2.54 bits per heavy atom. The van der Waals surface area contributed by atoms with E-state index >= 15 is 0 Å². The lowest BCUT2D eigenvalue weighted by Gasteiger charge is -2.34. The van der Waals surface area contributed by atoms with E-state index in [0.717, 1.165) is 60.8 Å². The highest BCUT2D eigenvalue weighted by Gasteiger charge is 2.20. The smallest absolute Gasteiger partial charge is 0.227 e. The molecule has 1 aromatic carbocycles. The van der Waals surface area contributed by atoms with Crippen LogP contribution in [0.15, 0.2) is 47.2 Å². The summed E-state index contributed by atoms with van der Waals surface area (Å²) in [7, 11) is 2.18. The van der Waals surface area contributed by atoms with Crippen molar-refractivity contribution in [2.75, 3.05) is 43.4 Å². The van der Waals surface area contributed by atoms with Crippen LogP contribution in [-0.4, -0.2) is 52.7 Å². The zero-order valence-corrected chi connectivity index (χ0v) is 17.5. The quantitative estimate of drug-likeness (QED) is 0.674. The van der Waals surface area contributed by atoms with Crippen LogP contribution in [0.5, 0.6) is 0 Å². The topological polar surface area (TPSA) is 49.2 Å². The van der Waals surface area contributed by atoms with Crippen LogP contribution >= 0.6 is 15.9 Å². The number of piperazine rings is 1. The van der Waals surface area contributed by atoms with Crippen LogP contribution in [0.1, 0.15) is 5.56 Å². The molecule has 3 aromatic rings. The van der Waals surface area contributed by atoms with Gasteiger partial charge in [0.1, 0.15) is 0 Å². The third-order valence-corrected chi connectivity index (χ3v) is 6.32. The number of fused-ring (bicyclic) bond motifs is 3. The number of hydrogen-bond donors (Lipinski definition) is 1. The zero-order valence-electron chi connectivity index (χ0n) is 15.9. The Labute approximate surface area is 173 Å². The molecule has 0 bridgehead atoms. The summed E-state index contributed by atoms with van der Waals surface area (Å²) in [6, 6.07) is 12.8. The second-order valence-electron chi connectivity index (χ2n) is 7.47. The summed E-state index contributed by atoms with van der Waals surface area (Å²) in [5.74, 6) is 0.636. The lowest BCUT2D eigenvalue weighted by molar-refractivity contribution is 0.313. The molecule has 0 aliphatic carbocycles. The van der Waals surface area contributed by atoms with E-state index in [0.29, 0.717) is 5.95 Å². The van der Waals surface area contributed by atoms with Crippen LogP contribution < -0.4 is 10.2 Å². The molecule has 2 aliphatic rings. The van der Waals surface area contributed by atoms with Crippen LogP contribution in [-0.2, 0) is 13.0 Å². The van der Waals surface area contributed by atoms with Crippen molar-refractivity contribution in [3.8, 4) is 11.4 Å². The molecule has 2 aromatic heterocycles. The summed E-state index contributed by atoms with van der Waals surface area (Å²) in [5, 5.41) is 3.36. The average molecular weight is 439 g/mol. The van der Waals surface area contributed by atoms with Crippen LogP contribution in [0.4, 0.5) is 17.3 Å². The highest BCUT2D eigenvalue weighted by atomic mass is 79.9. The van der Waals surface area contributed by atoms with Crippen molar-refractivity contribution in [3.63, 3.8) is 0 Å². The normalized spacial score (nSPS) is 16.6. The molecular formula is C21H23BrN6. The first-order valence-corrected chi connectivity index (χ1v) is 10.5. The third-order valence-electron chi connectivity index (χ3n) is 5.63. The van der Waals surface area contributed by atoms with Gasteiger partial charge in [-0.25, -0.2) is 9.97 Å². The molecule has 0 spiro atoms. The van der Waals surface area contributed by atoms with E-state index in [1.807, 2.05) is 6.20 Å². The molecule has 0 amide bonds. The van der Waals surface area contributed by atoms with Gasteiger partial charge in [0.15, 0.2) is 0 Å². The van der Waals surface area contributed by atoms with Crippen LogP contribution in [0.3, 0.4) is 0 Å². The van der Waals surface area contributed by atoms with E-state index in [9.17, 15) is 0 Å². The molecule has 0 radical (unpaired) electrons.